The van der Waals surface area contributed by atoms with Gasteiger partial charge in [-0.2, -0.15) is 0 Å². The van der Waals surface area contributed by atoms with E-state index in [9.17, 15) is 4.79 Å². The number of esters is 1. The van der Waals surface area contributed by atoms with Crippen molar-refractivity contribution in [3.63, 3.8) is 0 Å². The van der Waals surface area contributed by atoms with Crippen LogP contribution in [0.15, 0.2) is 0 Å². The monoisotopic (exact) mass is 215 g/mol. The molecule has 0 amide bonds. The minimum atomic E-state index is -0.508. The molecule has 0 bridgehead atoms. The molecule has 1 fully saturated rings. The fourth-order valence-corrected chi connectivity index (χ4v) is 2.18. The van der Waals surface area contributed by atoms with E-state index < -0.39 is 5.54 Å². The van der Waals surface area contributed by atoms with Gasteiger partial charge >= 0.3 is 5.97 Å². The molecule has 1 saturated carbocycles. The van der Waals surface area contributed by atoms with E-state index >= 15 is 0 Å². The predicted molar refractivity (Wildman–Crippen MR) is 57.7 cm³/mol. The molecular formula is C11H21NO3. The first kappa shape index (κ1) is 12.5. The third kappa shape index (κ3) is 2.69. The Hall–Kier alpha value is -0.610. The van der Waals surface area contributed by atoms with Crippen LogP contribution >= 0.6 is 0 Å². The van der Waals surface area contributed by atoms with E-state index in [-0.39, 0.29) is 12.1 Å². The fraction of sp³-hybridized carbons (Fsp3) is 0.909. The van der Waals surface area contributed by atoms with Crippen molar-refractivity contribution in [2.75, 3.05) is 20.8 Å². The van der Waals surface area contributed by atoms with E-state index in [1.54, 1.807) is 7.11 Å². The Labute approximate surface area is 91.3 Å². The summed E-state index contributed by atoms with van der Waals surface area (Å²) in [5, 5.41) is 3.31. The molecule has 1 rings (SSSR count). The topological polar surface area (TPSA) is 47.6 Å². The van der Waals surface area contributed by atoms with E-state index in [0.717, 1.165) is 32.2 Å². The Morgan fingerprint density at radius 3 is 2.73 bits per heavy atom. The van der Waals surface area contributed by atoms with Crippen LogP contribution in [0.5, 0.6) is 0 Å². The quantitative estimate of drug-likeness (QED) is 0.698. The van der Waals surface area contributed by atoms with Crippen molar-refractivity contribution in [2.24, 2.45) is 0 Å². The minimum Gasteiger partial charge on any atom is -0.468 e. The molecule has 4 nitrogen and oxygen atoms in total. The first-order chi connectivity index (χ1) is 7.18. The maximum absolute atomic E-state index is 11.8. The first-order valence-electron chi connectivity index (χ1n) is 5.54. The molecule has 0 spiro atoms. The summed E-state index contributed by atoms with van der Waals surface area (Å²) >= 11 is 0. The maximum atomic E-state index is 11.8. The van der Waals surface area contributed by atoms with Crippen LogP contribution in [0.4, 0.5) is 0 Å². The second-order valence-electron chi connectivity index (χ2n) is 4.10. The summed E-state index contributed by atoms with van der Waals surface area (Å²) in [4.78, 5) is 11.8. The van der Waals surface area contributed by atoms with Crippen molar-refractivity contribution < 1.29 is 14.3 Å². The van der Waals surface area contributed by atoms with Gasteiger partial charge in [0.05, 0.1) is 13.2 Å². The minimum absolute atomic E-state index is 0.157. The Bertz CT molecular complexity index is 220. The summed E-state index contributed by atoms with van der Waals surface area (Å²) in [5.74, 6) is -0.157. The highest BCUT2D eigenvalue weighted by molar-refractivity contribution is 5.81. The summed E-state index contributed by atoms with van der Waals surface area (Å²) < 4.78 is 10.2. The van der Waals surface area contributed by atoms with Crippen LogP contribution in [0.3, 0.4) is 0 Å². The van der Waals surface area contributed by atoms with Gasteiger partial charge in [0.25, 0.3) is 0 Å². The van der Waals surface area contributed by atoms with E-state index in [0.29, 0.717) is 0 Å². The van der Waals surface area contributed by atoms with Crippen molar-refractivity contribution in [2.45, 2.75) is 44.2 Å². The molecular weight excluding hydrogens is 194 g/mol. The number of hydrogen-bond donors (Lipinski definition) is 1. The number of hydrogen-bond acceptors (Lipinski definition) is 4. The van der Waals surface area contributed by atoms with Gasteiger partial charge in [-0.1, -0.05) is 6.92 Å². The molecule has 0 aromatic rings. The lowest BCUT2D eigenvalue weighted by atomic mass is 9.97. The number of methoxy groups -OCH3 is 2. The van der Waals surface area contributed by atoms with E-state index in [1.165, 1.54) is 7.11 Å². The highest BCUT2D eigenvalue weighted by Crippen LogP contribution is 2.32. The van der Waals surface area contributed by atoms with Gasteiger partial charge in [-0.25, -0.2) is 0 Å². The number of carbonyl (C=O) groups excluding carboxylic acids is 1. The van der Waals surface area contributed by atoms with Gasteiger partial charge in [-0.05, 0) is 25.8 Å². The summed E-state index contributed by atoms with van der Waals surface area (Å²) in [7, 11) is 3.13. The highest BCUT2D eigenvalue weighted by Gasteiger charge is 2.45. The lowest BCUT2D eigenvalue weighted by molar-refractivity contribution is -0.148. The largest absolute Gasteiger partial charge is 0.468 e. The number of carbonyl (C=O) groups is 1. The van der Waals surface area contributed by atoms with Crippen LogP contribution in [0.2, 0.25) is 0 Å². The Kier molecular flexibility index (Phi) is 4.54. The molecule has 2 atom stereocenters. The molecule has 0 saturated heterocycles. The van der Waals surface area contributed by atoms with Crippen LogP contribution < -0.4 is 5.32 Å². The van der Waals surface area contributed by atoms with Crippen molar-refractivity contribution in [3.05, 3.63) is 0 Å². The SMILES string of the molecule is CCCNC1(C(=O)OC)CCC(OC)C1. The van der Waals surface area contributed by atoms with Crippen LogP contribution in [0, 0.1) is 0 Å². The second kappa shape index (κ2) is 5.47. The summed E-state index contributed by atoms with van der Waals surface area (Å²) in [5.41, 5.74) is -0.508. The van der Waals surface area contributed by atoms with E-state index in [4.69, 9.17) is 9.47 Å². The number of ether oxygens (including phenoxy) is 2. The normalized spacial score (nSPS) is 30.5. The number of nitrogens with one attached hydrogen (secondary N) is 1. The zero-order chi connectivity index (χ0) is 11.3. The van der Waals surface area contributed by atoms with Crippen LogP contribution in [0.25, 0.3) is 0 Å². The lowest BCUT2D eigenvalue weighted by Crippen LogP contribution is -2.51. The van der Waals surface area contributed by atoms with Crippen LogP contribution in [-0.4, -0.2) is 38.4 Å². The average molecular weight is 215 g/mol. The fourth-order valence-electron chi connectivity index (χ4n) is 2.18. The molecule has 15 heavy (non-hydrogen) atoms. The van der Waals surface area contributed by atoms with Crippen LogP contribution in [-0.2, 0) is 14.3 Å². The average Bonchev–Trinajstić information content (AvgIpc) is 2.70. The van der Waals surface area contributed by atoms with E-state index in [1.807, 2.05) is 0 Å². The smallest absolute Gasteiger partial charge is 0.326 e. The Morgan fingerprint density at radius 1 is 1.53 bits per heavy atom. The van der Waals surface area contributed by atoms with Gasteiger partial charge in [0, 0.05) is 13.5 Å². The van der Waals surface area contributed by atoms with Crippen LogP contribution in [0.1, 0.15) is 32.6 Å². The molecule has 1 N–H and O–H groups in total. The van der Waals surface area contributed by atoms with Gasteiger partial charge in [-0.15, -0.1) is 0 Å². The highest BCUT2D eigenvalue weighted by atomic mass is 16.5. The van der Waals surface area contributed by atoms with Gasteiger partial charge in [0.1, 0.15) is 5.54 Å². The van der Waals surface area contributed by atoms with Crippen molar-refractivity contribution >= 4 is 5.97 Å². The number of rotatable bonds is 5. The van der Waals surface area contributed by atoms with Crippen molar-refractivity contribution in [1.82, 2.24) is 5.32 Å². The third-order valence-electron chi connectivity index (χ3n) is 3.09. The lowest BCUT2D eigenvalue weighted by Gasteiger charge is -2.27. The zero-order valence-electron chi connectivity index (χ0n) is 9.84. The molecule has 0 aliphatic heterocycles. The molecule has 1 aliphatic carbocycles. The van der Waals surface area contributed by atoms with Crippen molar-refractivity contribution in [1.29, 1.82) is 0 Å². The zero-order valence-corrected chi connectivity index (χ0v) is 9.84. The van der Waals surface area contributed by atoms with Gasteiger partial charge in [-0.3, -0.25) is 4.79 Å². The molecule has 0 aromatic carbocycles. The third-order valence-corrected chi connectivity index (χ3v) is 3.09. The molecule has 4 heteroatoms. The van der Waals surface area contributed by atoms with Crippen molar-refractivity contribution in [3.8, 4) is 0 Å². The maximum Gasteiger partial charge on any atom is 0.326 e. The Balaban J connectivity index is 2.65. The summed E-state index contributed by atoms with van der Waals surface area (Å²) in [6.45, 7) is 2.92. The van der Waals surface area contributed by atoms with Gasteiger partial charge in [0.15, 0.2) is 0 Å². The standard InChI is InChI=1S/C11H21NO3/c1-4-7-12-11(10(13)15-3)6-5-9(8-11)14-2/h9,12H,4-8H2,1-3H3. The second-order valence-corrected chi connectivity index (χ2v) is 4.10. The molecule has 0 aromatic heterocycles. The van der Waals surface area contributed by atoms with Gasteiger partial charge in [0.2, 0.25) is 0 Å². The van der Waals surface area contributed by atoms with Gasteiger partial charge < -0.3 is 14.8 Å². The predicted octanol–water partition coefficient (Wildman–Crippen LogP) is 1.10. The summed E-state index contributed by atoms with van der Waals surface area (Å²) in [6.07, 6.45) is 3.63. The summed E-state index contributed by atoms with van der Waals surface area (Å²) in [6, 6.07) is 0. The Morgan fingerprint density at radius 2 is 2.27 bits per heavy atom. The molecule has 2 unspecified atom stereocenters. The molecule has 0 radical (unpaired) electrons. The first-order valence-corrected chi connectivity index (χ1v) is 5.54. The van der Waals surface area contributed by atoms with E-state index in [2.05, 4.69) is 12.2 Å². The molecule has 0 heterocycles. The molecule has 88 valence electrons. The molecule has 1 aliphatic rings.